The molecule has 1 saturated heterocycles. The molecule has 2 aromatic carbocycles. The van der Waals surface area contributed by atoms with Gasteiger partial charge in [-0.15, -0.1) is 0 Å². The molecule has 0 spiro atoms. The number of amides is 2. The summed E-state index contributed by atoms with van der Waals surface area (Å²) in [6, 6.07) is 16.2. The molecule has 1 aliphatic heterocycles. The summed E-state index contributed by atoms with van der Waals surface area (Å²) in [5, 5.41) is 6.11. The number of carbonyl (C=O) groups is 2. The van der Waals surface area contributed by atoms with Crippen LogP contribution in [-0.2, 0) is 22.6 Å². The van der Waals surface area contributed by atoms with Gasteiger partial charge < -0.3 is 20.3 Å². The number of rotatable bonds is 9. The number of hydrogen-bond donors (Lipinski definition) is 2. The van der Waals surface area contributed by atoms with Crippen LogP contribution >= 0.6 is 0 Å². The van der Waals surface area contributed by atoms with E-state index in [0.717, 1.165) is 36.4 Å². The van der Waals surface area contributed by atoms with Gasteiger partial charge in [0.25, 0.3) is 0 Å². The zero-order valence-electron chi connectivity index (χ0n) is 19.6. The van der Waals surface area contributed by atoms with E-state index in [4.69, 9.17) is 4.74 Å². The lowest BCUT2D eigenvalue weighted by Crippen LogP contribution is -2.35. The molecule has 0 radical (unpaired) electrons. The Balaban J connectivity index is 1.59. The molecule has 172 valence electrons. The fourth-order valence-electron chi connectivity index (χ4n) is 4.18. The molecule has 0 aliphatic carbocycles. The molecule has 0 saturated carbocycles. The average Bonchev–Trinajstić information content (AvgIpc) is 3.19. The van der Waals surface area contributed by atoms with Gasteiger partial charge in [-0.25, -0.2) is 0 Å². The first-order valence-corrected chi connectivity index (χ1v) is 11.3. The Labute approximate surface area is 191 Å². The number of methoxy groups -OCH3 is 1. The van der Waals surface area contributed by atoms with E-state index in [9.17, 15) is 9.59 Å². The number of benzene rings is 2. The average molecular weight is 438 g/mol. The summed E-state index contributed by atoms with van der Waals surface area (Å²) in [7, 11) is 3.71. The first-order valence-electron chi connectivity index (χ1n) is 11.3. The lowest BCUT2D eigenvalue weighted by atomic mass is 9.87. The van der Waals surface area contributed by atoms with E-state index >= 15 is 0 Å². The first-order chi connectivity index (χ1) is 15.4. The van der Waals surface area contributed by atoms with Crippen molar-refractivity contribution in [3.63, 3.8) is 0 Å². The summed E-state index contributed by atoms with van der Waals surface area (Å²) >= 11 is 0. The number of carbonyl (C=O) groups excluding carboxylic acids is 2. The van der Waals surface area contributed by atoms with Gasteiger partial charge in [0.1, 0.15) is 5.75 Å². The molecule has 3 rings (SSSR count). The minimum absolute atomic E-state index is 0.0346. The molecule has 2 atom stereocenters. The van der Waals surface area contributed by atoms with Gasteiger partial charge in [0.2, 0.25) is 11.8 Å². The third-order valence-corrected chi connectivity index (χ3v) is 6.08. The monoisotopic (exact) mass is 437 g/mol. The molecule has 2 N–H and O–H groups in total. The zero-order valence-corrected chi connectivity index (χ0v) is 19.6. The van der Waals surface area contributed by atoms with E-state index in [-0.39, 0.29) is 29.6 Å². The third-order valence-electron chi connectivity index (χ3n) is 6.08. The minimum atomic E-state index is -0.0867. The van der Waals surface area contributed by atoms with Gasteiger partial charge in [-0.2, -0.15) is 0 Å². The second-order valence-electron chi connectivity index (χ2n) is 8.94. The quantitative estimate of drug-likeness (QED) is 0.633. The van der Waals surface area contributed by atoms with Gasteiger partial charge in [0.15, 0.2) is 0 Å². The van der Waals surface area contributed by atoms with Crippen molar-refractivity contribution >= 4 is 11.8 Å². The number of hydrogen-bond acceptors (Lipinski definition) is 4. The number of likely N-dealkylation sites (N-methyl/N-ethyl adjacent to an activating group) is 1. The van der Waals surface area contributed by atoms with Crippen LogP contribution in [0.25, 0.3) is 0 Å². The highest BCUT2D eigenvalue weighted by molar-refractivity contribution is 5.80. The maximum absolute atomic E-state index is 13.0. The molecule has 2 aromatic rings. The second kappa shape index (κ2) is 11.1. The summed E-state index contributed by atoms with van der Waals surface area (Å²) in [6.45, 7) is 6.48. The topological polar surface area (TPSA) is 70.7 Å². The van der Waals surface area contributed by atoms with Crippen LogP contribution in [-0.4, -0.2) is 50.5 Å². The Hall–Kier alpha value is -2.86. The summed E-state index contributed by atoms with van der Waals surface area (Å²) < 4.78 is 5.19. The summed E-state index contributed by atoms with van der Waals surface area (Å²) in [5.74, 6) is 1.00. The molecule has 0 aromatic heterocycles. The van der Waals surface area contributed by atoms with Crippen molar-refractivity contribution < 1.29 is 14.3 Å². The molecule has 6 nitrogen and oxygen atoms in total. The van der Waals surface area contributed by atoms with Crippen LogP contribution in [0.5, 0.6) is 5.75 Å². The fourth-order valence-corrected chi connectivity index (χ4v) is 4.18. The maximum Gasteiger partial charge on any atom is 0.225 e. The Bertz CT molecular complexity index is 911. The van der Waals surface area contributed by atoms with Crippen LogP contribution in [0.15, 0.2) is 48.5 Å². The molecule has 2 unspecified atom stereocenters. The molecule has 2 amide bonds. The van der Waals surface area contributed by atoms with Crippen molar-refractivity contribution in [2.45, 2.75) is 32.7 Å². The van der Waals surface area contributed by atoms with Crippen molar-refractivity contribution in [1.29, 1.82) is 0 Å². The predicted octanol–water partition coefficient (Wildman–Crippen LogP) is 2.97. The van der Waals surface area contributed by atoms with E-state index in [1.54, 1.807) is 7.11 Å². The van der Waals surface area contributed by atoms with E-state index < -0.39 is 0 Å². The molecule has 1 fully saturated rings. The highest BCUT2D eigenvalue weighted by Crippen LogP contribution is 2.32. The molecular formula is C26H35N3O3. The highest BCUT2D eigenvalue weighted by atomic mass is 16.5. The molecule has 32 heavy (non-hydrogen) atoms. The van der Waals surface area contributed by atoms with Crippen LogP contribution in [0.2, 0.25) is 0 Å². The van der Waals surface area contributed by atoms with Crippen LogP contribution in [0, 0.1) is 11.8 Å². The largest absolute Gasteiger partial charge is 0.497 e. The number of likely N-dealkylation sites (tertiary alicyclic amines) is 1. The van der Waals surface area contributed by atoms with Gasteiger partial charge in [0, 0.05) is 38.0 Å². The third kappa shape index (κ3) is 6.33. The fraction of sp³-hybridized carbons (Fsp3) is 0.462. The van der Waals surface area contributed by atoms with Crippen LogP contribution in [0.4, 0.5) is 0 Å². The molecular weight excluding hydrogens is 402 g/mol. The maximum atomic E-state index is 13.0. The van der Waals surface area contributed by atoms with Gasteiger partial charge in [-0.3, -0.25) is 9.59 Å². The van der Waals surface area contributed by atoms with Crippen LogP contribution < -0.4 is 15.4 Å². The molecule has 1 heterocycles. The number of ether oxygens (including phenoxy) is 1. The lowest BCUT2D eigenvalue weighted by molar-refractivity contribution is -0.125. The first kappa shape index (κ1) is 23.8. The van der Waals surface area contributed by atoms with E-state index in [0.29, 0.717) is 13.1 Å². The SMILES string of the molecule is COc1ccc(CCNC(=O)C2CN(C)CC2c2cccc(CNC(=O)C(C)C)c2)cc1. The van der Waals surface area contributed by atoms with Crippen molar-refractivity contribution in [2.24, 2.45) is 11.8 Å². The number of nitrogens with one attached hydrogen (secondary N) is 2. The van der Waals surface area contributed by atoms with E-state index in [1.165, 1.54) is 5.56 Å². The normalized spacial score (nSPS) is 18.5. The molecule has 1 aliphatic rings. The van der Waals surface area contributed by atoms with Crippen molar-refractivity contribution in [1.82, 2.24) is 15.5 Å². The summed E-state index contributed by atoms with van der Waals surface area (Å²) in [4.78, 5) is 27.1. The Morgan fingerprint density at radius 3 is 2.50 bits per heavy atom. The molecule has 0 bridgehead atoms. The highest BCUT2D eigenvalue weighted by Gasteiger charge is 2.36. The van der Waals surface area contributed by atoms with Crippen molar-refractivity contribution in [3.8, 4) is 5.75 Å². The molecule has 6 heteroatoms. The van der Waals surface area contributed by atoms with Gasteiger partial charge in [-0.05, 0) is 42.3 Å². The number of nitrogens with zero attached hydrogens (tertiary/aromatic N) is 1. The van der Waals surface area contributed by atoms with Crippen LogP contribution in [0.3, 0.4) is 0 Å². The standard InChI is InChI=1S/C26H35N3O3/c1-18(2)25(30)28-15-20-6-5-7-21(14-20)23-16-29(3)17-24(23)26(31)27-13-12-19-8-10-22(32-4)11-9-19/h5-11,14,18,23-24H,12-13,15-17H2,1-4H3,(H,27,31)(H,28,30). The van der Waals surface area contributed by atoms with Crippen molar-refractivity contribution in [3.05, 3.63) is 65.2 Å². The van der Waals surface area contributed by atoms with Gasteiger partial charge in [-0.1, -0.05) is 50.2 Å². The van der Waals surface area contributed by atoms with Crippen LogP contribution in [0.1, 0.15) is 36.5 Å². The zero-order chi connectivity index (χ0) is 23.1. The Morgan fingerprint density at radius 1 is 1.06 bits per heavy atom. The Morgan fingerprint density at radius 2 is 1.81 bits per heavy atom. The summed E-state index contributed by atoms with van der Waals surface area (Å²) in [6.07, 6.45) is 0.786. The predicted molar refractivity (Wildman–Crippen MR) is 127 cm³/mol. The van der Waals surface area contributed by atoms with E-state index in [2.05, 4.69) is 34.7 Å². The van der Waals surface area contributed by atoms with Gasteiger partial charge in [0.05, 0.1) is 13.0 Å². The lowest BCUT2D eigenvalue weighted by Gasteiger charge is -2.19. The minimum Gasteiger partial charge on any atom is -0.497 e. The van der Waals surface area contributed by atoms with E-state index in [1.807, 2.05) is 50.2 Å². The summed E-state index contributed by atoms with van der Waals surface area (Å²) in [5.41, 5.74) is 3.38. The second-order valence-corrected chi connectivity index (χ2v) is 8.94. The smallest absolute Gasteiger partial charge is 0.225 e. The Kier molecular flexibility index (Phi) is 8.28. The van der Waals surface area contributed by atoms with Crippen molar-refractivity contribution in [2.75, 3.05) is 33.8 Å². The van der Waals surface area contributed by atoms with Gasteiger partial charge >= 0.3 is 0 Å².